The van der Waals surface area contributed by atoms with Crippen molar-refractivity contribution in [1.29, 1.82) is 0 Å². The highest BCUT2D eigenvalue weighted by Crippen LogP contribution is 2.40. The lowest BCUT2D eigenvalue weighted by molar-refractivity contribution is -0.276. The van der Waals surface area contributed by atoms with Crippen LogP contribution in [0.2, 0.25) is 0 Å². The van der Waals surface area contributed by atoms with Crippen LogP contribution in [0.3, 0.4) is 0 Å². The zero-order chi connectivity index (χ0) is 26.8. The third-order valence-corrected chi connectivity index (χ3v) is 6.24. The minimum atomic E-state index is -5.06. The number of carbonyl (C=O) groups excluding carboxylic acids is 1. The first kappa shape index (κ1) is 26.4. The topological polar surface area (TPSA) is 89.3 Å². The van der Waals surface area contributed by atoms with Gasteiger partial charge < -0.3 is 14.4 Å². The van der Waals surface area contributed by atoms with Gasteiger partial charge in [-0.1, -0.05) is 4.48 Å². The number of ether oxygens (including phenoxy) is 1. The molecule has 1 fully saturated rings. The molecule has 15 heteroatoms. The molecule has 0 unspecified atom stereocenters. The number of nitrogens with zero attached hydrogens (tertiary/aromatic N) is 7. The number of alkyl halides is 5. The number of rotatable bonds is 9. The summed E-state index contributed by atoms with van der Waals surface area (Å²) < 4.78 is 84.4. The summed E-state index contributed by atoms with van der Waals surface area (Å²) in [6, 6.07) is 2.49. The summed E-state index contributed by atoms with van der Waals surface area (Å²) in [5, 5.41) is 4.01. The Hall–Kier alpha value is -3.65. The van der Waals surface area contributed by atoms with E-state index in [2.05, 4.69) is 24.8 Å². The third-order valence-electron chi connectivity index (χ3n) is 6.24. The summed E-state index contributed by atoms with van der Waals surface area (Å²) in [7, 11) is 0. The van der Waals surface area contributed by atoms with Crippen LogP contribution in [0.15, 0.2) is 24.5 Å². The molecule has 1 aliphatic rings. The molecule has 0 bridgehead atoms. The molecule has 4 heterocycles. The largest absolute Gasteiger partial charge is 0.574 e. The first-order chi connectivity index (χ1) is 17.5. The first-order valence-corrected chi connectivity index (χ1v) is 11.3. The van der Waals surface area contributed by atoms with Crippen LogP contribution in [0.4, 0.5) is 37.9 Å². The van der Waals surface area contributed by atoms with Crippen molar-refractivity contribution in [3.8, 4) is 5.88 Å². The Labute approximate surface area is 207 Å². The normalized spacial score (nSPS) is 15.8. The van der Waals surface area contributed by atoms with Crippen molar-refractivity contribution in [2.45, 2.75) is 45.5 Å². The van der Waals surface area contributed by atoms with Crippen LogP contribution in [-0.2, 0) is 11.3 Å². The highest BCUT2D eigenvalue weighted by Gasteiger charge is 2.39. The second-order valence-electron chi connectivity index (χ2n) is 8.86. The summed E-state index contributed by atoms with van der Waals surface area (Å²) in [5.74, 6) is -0.512. The molecule has 0 radical (unpaired) electrons. The zero-order valence-corrected chi connectivity index (χ0v) is 19.6. The van der Waals surface area contributed by atoms with Crippen LogP contribution in [0.1, 0.15) is 25.0 Å². The minimum absolute atomic E-state index is 0.0259. The number of fused-ring (bicyclic) bond motifs is 1. The highest BCUT2D eigenvalue weighted by molar-refractivity contribution is 5.71. The van der Waals surface area contributed by atoms with E-state index in [0.717, 1.165) is 10.7 Å². The lowest BCUT2D eigenvalue weighted by Crippen LogP contribution is -2.45. The number of aryl methyl sites for hydroxylation is 1. The summed E-state index contributed by atoms with van der Waals surface area (Å²) in [6.07, 6.45) is -3.64. The van der Waals surface area contributed by atoms with E-state index in [9.17, 15) is 26.7 Å². The van der Waals surface area contributed by atoms with E-state index in [1.165, 1.54) is 25.4 Å². The van der Waals surface area contributed by atoms with Crippen molar-refractivity contribution in [2.75, 3.05) is 29.7 Å². The van der Waals surface area contributed by atoms with Crippen molar-refractivity contribution in [2.24, 2.45) is 5.41 Å². The Bertz CT molecular complexity index is 1240. The maximum atomic E-state index is 15.3. The molecule has 37 heavy (non-hydrogen) atoms. The van der Waals surface area contributed by atoms with Gasteiger partial charge in [0.05, 0.1) is 18.9 Å². The highest BCUT2D eigenvalue weighted by atomic mass is 19.4. The van der Waals surface area contributed by atoms with Gasteiger partial charge in [-0.3, -0.25) is 0 Å². The fourth-order valence-electron chi connectivity index (χ4n) is 4.34. The number of carbonyl (C=O) groups is 1. The average molecular weight is 531 g/mol. The molecule has 200 valence electrons. The van der Waals surface area contributed by atoms with Gasteiger partial charge in [0, 0.05) is 30.6 Å². The first-order valence-electron chi connectivity index (χ1n) is 11.3. The molecule has 0 aromatic carbocycles. The summed E-state index contributed by atoms with van der Waals surface area (Å²) >= 11 is 0. The quantitative estimate of drug-likeness (QED) is 0.230. The van der Waals surface area contributed by atoms with Gasteiger partial charge in [-0.15, -0.1) is 13.2 Å². The number of piperidine rings is 1. The summed E-state index contributed by atoms with van der Waals surface area (Å²) in [5.41, 5.74) is -0.628. The van der Waals surface area contributed by atoms with Gasteiger partial charge in [-0.2, -0.15) is 5.10 Å². The number of aromatic nitrogens is 5. The number of hydrogen-bond acceptors (Lipinski definition) is 8. The monoisotopic (exact) mass is 531 g/mol. The van der Waals surface area contributed by atoms with Crippen molar-refractivity contribution in [3.63, 3.8) is 0 Å². The van der Waals surface area contributed by atoms with E-state index in [1.54, 1.807) is 0 Å². The molecule has 0 atom stereocenters. The Balaban J connectivity index is 1.51. The van der Waals surface area contributed by atoms with Gasteiger partial charge in [-0.25, -0.2) is 33.5 Å². The number of halogens is 6. The van der Waals surface area contributed by atoms with Crippen LogP contribution in [-0.4, -0.2) is 63.4 Å². The minimum Gasteiger partial charge on any atom is -0.385 e. The van der Waals surface area contributed by atoms with Crippen molar-refractivity contribution < 1.29 is 36.0 Å². The standard InChI is InChI=1S/C22H23F6N7O2/c1-14-2-3-16(20(31-14)37-22(25,26)27)34(28)13-21(6-9-36)4-7-33(8-5-21)18-11-29-15-10-30-35(12-17(23)24)19(15)32-18/h2-3,9-11,17H,4-8,12-13H2,1H3. The molecule has 0 aliphatic carbocycles. The molecule has 1 saturated heterocycles. The second kappa shape index (κ2) is 10.4. The van der Waals surface area contributed by atoms with E-state index in [0.29, 0.717) is 43.6 Å². The maximum Gasteiger partial charge on any atom is 0.574 e. The van der Waals surface area contributed by atoms with Crippen molar-refractivity contribution in [1.82, 2.24) is 24.7 Å². The lowest BCUT2D eigenvalue weighted by atomic mass is 9.75. The van der Waals surface area contributed by atoms with Crippen molar-refractivity contribution in [3.05, 3.63) is 30.2 Å². The summed E-state index contributed by atoms with van der Waals surface area (Å²) in [4.78, 5) is 25.6. The Morgan fingerprint density at radius 3 is 2.57 bits per heavy atom. The molecule has 0 spiro atoms. The van der Waals surface area contributed by atoms with Gasteiger partial charge in [0.1, 0.15) is 29.9 Å². The molecular weight excluding hydrogens is 508 g/mol. The molecule has 0 N–H and O–H groups in total. The molecule has 1 aliphatic heterocycles. The predicted molar refractivity (Wildman–Crippen MR) is 120 cm³/mol. The number of aldehydes is 1. The van der Waals surface area contributed by atoms with E-state index >= 15 is 4.48 Å². The van der Waals surface area contributed by atoms with Gasteiger partial charge >= 0.3 is 6.36 Å². The molecule has 4 rings (SSSR count). The van der Waals surface area contributed by atoms with Gasteiger partial charge in [0.15, 0.2) is 5.65 Å². The van der Waals surface area contributed by atoms with Crippen LogP contribution in [0.5, 0.6) is 5.88 Å². The summed E-state index contributed by atoms with van der Waals surface area (Å²) in [6.45, 7) is 1.08. The Morgan fingerprint density at radius 1 is 1.19 bits per heavy atom. The van der Waals surface area contributed by atoms with Crippen LogP contribution >= 0.6 is 0 Å². The molecule has 3 aromatic rings. The molecule has 3 aromatic heterocycles. The SMILES string of the molecule is Cc1ccc(N(F)CC2(CC=O)CCN(c3cnc4cnn(CC(F)F)c4n3)CC2)c(OC(F)(F)F)n1. The molecule has 0 saturated carbocycles. The van der Waals surface area contributed by atoms with Gasteiger partial charge in [0.25, 0.3) is 6.43 Å². The second-order valence-corrected chi connectivity index (χ2v) is 8.86. The van der Waals surface area contributed by atoms with Crippen LogP contribution in [0, 0.1) is 12.3 Å². The number of hydrogen-bond donors (Lipinski definition) is 0. The number of pyridine rings is 1. The van der Waals surface area contributed by atoms with Crippen molar-refractivity contribution >= 4 is 29.0 Å². The fraction of sp³-hybridized carbons (Fsp3) is 0.500. The van der Waals surface area contributed by atoms with Gasteiger partial charge in [0.2, 0.25) is 5.88 Å². The molecule has 0 amide bonds. The Kier molecular flexibility index (Phi) is 7.41. The number of anilines is 2. The molecule has 9 nitrogen and oxygen atoms in total. The van der Waals surface area contributed by atoms with Gasteiger partial charge in [-0.05, 0) is 31.9 Å². The van der Waals surface area contributed by atoms with E-state index < -0.39 is 36.3 Å². The van der Waals surface area contributed by atoms with E-state index in [-0.39, 0.29) is 29.4 Å². The van der Waals surface area contributed by atoms with Crippen LogP contribution in [0.25, 0.3) is 11.2 Å². The van der Waals surface area contributed by atoms with Crippen LogP contribution < -0.4 is 14.8 Å². The molecular formula is C22H23F6N7O2. The smallest absolute Gasteiger partial charge is 0.385 e. The zero-order valence-electron chi connectivity index (χ0n) is 19.6. The maximum absolute atomic E-state index is 15.3. The van der Waals surface area contributed by atoms with E-state index in [4.69, 9.17) is 0 Å². The third kappa shape index (κ3) is 6.20. The lowest BCUT2D eigenvalue weighted by Gasteiger charge is -2.42. The average Bonchev–Trinajstić information content (AvgIpc) is 3.20. The fourth-order valence-corrected chi connectivity index (χ4v) is 4.34. The Morgan fingerprint density at radius 2 is 1.92 bits per heavy atom. The predicted octanol–water partition coefficient (Wildman–Crippen LogP) is 4.26. The van der Waals surface area contributed by atoms with E-state index in [1.807, 2.05) is 4.90 Å².